The molecule has 0 spiro atoms. The maximum atomic E-state index is 6.04. The molecule has 0 aliphatic carbocycles. The number of hydrogen-bond acceptors (Lipinski definition) is 2. The van der Waals surface area contributed by atoms with Crippen molar-refractivity contribution < 1.29 is 9.47 Å². The zero-order valence-electron chi connectivity index (χ0n) is 16.4. The summed E-state index contributed by atoms with van der Waals surface area (Å²) in [5.41, 5.74) is 0. The van der Waals surface area contributed by atoms with Crippen molar-refractivity contribution in [2.45, 2.75) is 85.9 Å². The molecule has 2 unspecified atom stereocenters. The maximum absolute atomic E-state index is 6.04. The lowest BCUT2D eigenvalue weighted by Gasteiger charge is -2.24. The van der Waals surface area contributed by atoms with Gasteiger partial charge in [0.25, 0.3) is 0 Å². The molecule has 0 aromatic carbocycles. The fourth-order valence-corrected chi connectivity index (χ4v) is 4.55. The van der Waals surface area contributed by atoms with Gasteiger partial charge in [0, 0.05) is 0 Å². The molecule has 2 heteroatoms. The van der Waals surface area contributed by atoms with Gasteiger partial charge in [0.1, 0.15) is 0 Å². The topological polar surface area (TPSA) is 18.5 Å². The molecule has 2 heterocycles. The highest BCUT2D eigenvalue weighted by atomic mass is 16.5. The molecule has 2 saturated heterocycles. The molecule has 6 atom stereocenters. The van der Waals surface area contributed by atoms with E-state index in [2.05, 4.69) is 41.5 Å². The first-order valence-electron chi connectivity index (χ1n) is 10.1. The summed E-state index contributed by atoms with van der Waals surface area (Å²) in [6, 6.07) is 0. The predicted molar refractivity (Wildman–Crippen MR) is 97.5 cm³/mol. The Morgan fingerprint density at radius 1 is 0.783 bits per heavy atom. The smallest absolute Gasteiger partial charge is 0.0581 e. The van der Waals surface area contributed by atoms with Gasteiger partial charge in [-0.3, -0.25) is 0 Å². The van der Waals surface area contributed by atoms with Crippen molar-refractivity contribution in [3.05, 3.63) is 0 Å². The van der Waals surface area contributed by atoms with E-state index in [1.165, 1.54) is 32.1 Å². The van der Waals surface area contributed by atoms with Gasteiger partial charge >= 0.3 is 0 Å². The molecular formula is C21H40O2. The standard InChI is InChI=1S/C21H40O2/c1-14(2)7-20-11-19(13-23-20)17(6)8-16(5)9-21-10-18(12-22-21)15(3)4/h14-21H,7-13H2,1-6H3/t16?,17?,18-,19+,20-,21-/m1/s1. The Hall–Kier alpha value is -0.0800. The van der Waals surface area contributed by atoms with Crippen molar-refractivity contribution >= 4 is 0 Å². The van der Waals surface area contributed by atoms with Gasteiger partial charge in [0.05, 0.1) is 25.4 Å². The van der Waals surface area contributed by atoms with Crippen LogP contribution in [0.1, 0.15) is 73.6 Å². The highest BCUT2D eigenvalue weighted by Crippen LogP contribution is 2.35. The first kappa shape index (κ1) is 19.2. The van der Waals surface area contributed by atoms with Crippen LogP contribution in [0.25, 0.3) is 0 Å². The van der Waals surface area contributed by atoms with Crippen LogP contribution in [0.3, 0.4) is 0 Å². The van der Waals surface area contributed by atoms with Crippen molar-refractivity contribution in [3.63, 3.8) is 0 Å². The Morgan fingerprint density at radius 3 is 1.91 bits per heavy atom. The minimum absolute atomic E-state index is 0.512. The van der Waals surface area contributed by atoms with Gasteiger partial charge in [0.2, 0.25) is 0 Å². The van der Waals surface area contributed by atoms with Crippen molar-refractivity contribution in [2.24, 2.45) is 35.5 Å². The molecule has 2 nitrogen and oxygen atoms in total. The lowest BCUT2D eigenvalue weighted by molar-refractivity contribution is 0.0783. The highest BCUT2D eigenvalue weighted by molar-refractivity contribution is 4.81. The SMILES string of the molecule is CC(C)C[C@@H]1C[C@H](C(C)CC(C)C[C@@H]2C[C@@H](C(C)C)CO2)CO1. The normalized spacial score (nSPS) is 34.4. The quantitative estimate of drug-likeness (QED) is 0.582. The van der Waals surface area contributed by atoms with Crippen LogP contribution in [0, 0.1) is 35.5 Å². The van der Waals surface area contributed by atoms with Crippen molar-refractivity contribution in [1.29, 1.82) is 0 Å². The van der Waals surface area contributed by atoms with Crippen LogP contribution in [0.2, 0.25) is 0 Å². The van der Waals surface area contributed by atoms with Gasteiger partial charge in [-0.25, -0.2) is 0 Å². The van der Waals surface area contributed by atoms with Crippen LogP contribution < -0.4 is 0 Å². The number of hydrogen-bond donors (Lipinski definition) is 0. The predicted octanol–water partition coefficient (Wildman–Crippen LogP) is 5.55. The van der Waals surface area contributed by atoms with E-state index >= 15 is 0 Å². The van der Waals surface area contributed by atoms with Gasteiger partial charge in [-0.15, -0.1) is 0 Å². The molecule has 23 heavy (non-hydrogen) atoms. The molecule has 2 aliphatic heterocycles. The summed E-state index contributed by atoms with van der Waals surface area (Å²) in [5, 5.41) is 0. The summed E-state index contributed by atoms with van der Waals surface area (Å²) in [6.45, 7) is 16.1. The van der Waals surface area contributed by atoms with E-state index in [-0.39, 0.29) is 0 Å². The van der Waals surface area contributed by atoms with Gasteiger partial charge in [-0.05, 0) is 67.6 Å². The second-order valence-corrected chi connectivity index (χ2v) is 9.33. The molecule has 0 radical (unpaired) electrons. The van der Waals surface area contributed by atoms with Gasteiger partial charge < -0.3 is 9.47 Å². The summed E-state index contributed by atoms with van der Waals surface area (Å²) in [6.07, 6.45) is 7.39. The van der Waals surface area contributed by atoms with Crippen LogP contribution in [-0.4, -0.2) is 25.4 Å². The first-order chi connectivity index (χ1) is 10.8. The van der Waals surface area contributed by atoms with E-state index in [0.717, 1.165) is 48.7 Å². The summed E-state index contributed by atoms with van der Waals surface area (Å²) < 4.78 is 12.1. The molecule has 0 aromatic heterocycles. The molecule has 2 rings (SSSR count). The van der Waals surface area contributed by atoms with Crippen LogP contribution in [0.5, 0.6) is 0 Å². The van der Waals surface area contributed by atoms with Crippen LogP contribution >= 0.6 is 0 Å². The monoisotopic (exact) mass is 324 g/mol. The van der Waals surface area contributed by atoms with Crippen LogP contribution in [0.4, 0.5) is 0 Å². The Morgan fingerprint density at radius 2 is 1.35 bits per heavy atom. The summed E-state index contributed by atoms with van der Waals surface area (Å²) >= 11 is 0. The largest absolute Gasteiger partial charge is 0.378 e. The lowest BCUT2D eigenvalue weighted by atomic mass is 9.82. The number of ether oxygens (including phenoxy) is 2. The molecule has 2 aliphatic rings. The second kappa shape index (κ2) is 8.85. The molecule has 0 N–H and O–H groups in total. The van der Waals surface area contributed by atoms with Crippen molar-refractivity contribution in [2.75, 3.05) is 13.2 Å². The average molecular weight is 325 g/mol. The summed E-state index contributed by atoms with van der Waals surface area (Å²) in [5.74, 6) is 4.62. The Balaban J connectivity index is 1.68. The van der Waals surface area contributed by atoms with Gasteiger partial charge in [0.15, 0.2) is 0 Å². The van der Waals surface area contributed by atoms with E-state index in [4.69, 9.17) is 9.47 Å². The van der Waals surface area contributed by atoms with Crippen LogP contribution in [0.15, 0.2) is 0 Å². The van der Waals surface area contributed by atoms with Crippen molar-refractivity contribution in [1.82, 2.24) is 0 Å². The fraction of sp³-hybridized carbons (Fsp3) is 1.00. The number of rotatable bonds is 8. The van der Waals surface area contributed by atoms with Gasteiger partial charge in [-0.1, -0.05) is 41.5 Å². The fourth-order valence-electron chi connectivity index (χ4n) is 4.55. The summed E-state index contributed by atoms with van der Waals surface area (Å²) in [4.78, 5) is 0. The Kier molecular flexibility index (Phi) is 7.41. The zero-order valence-corrected chi connectivity index (χ0v) is 16.4. The summed E-state index contributed by atoms with van der Waals surface area (Å²) in [7, 11) is 0. The molecule has 0 aromatic rings. The van der Waals surface area contributed by atoms with Crippen LogP contribution in [-0.2, 0) is 9.47 Å². The third-order valence-corrected chi connectivity index (χ3v) is 6.14. The molecule has 136 valence electrons. The highest BCUT2D eigenvalue weighted by Gasteiger charge is 2.32. The van der Waals surface area contributed by atoms with E-state index in [1.54, 1.807) is 0 Å². The Labute approximate surface area is 144 Å². The average Bonchev–Trinajstić information content (AvgIpc) is 3.07. The third-order valence-electron chi connectivity index (χ3n) is 6.14. The maximum Gasteiger partial charge on any atom is 0.0581 e. The van der Waals surface area contributed by atoms with E-state index < -0.39 is 0 Å². The zero-order chi connectivity index (χ0) is 17.0. The second-order valence-electron chi connectivity index (χ2n) is 9.33. The minimum Gasteiger partial charge on any atom is -0.378 e. The van der Waals surface area contributed by atoms with Crippen molar-refractivity contribution in [3.8, 4) is 0 Å². The van der Waals surface area contributed by atoms with E-state index in [0.29, 0.717) is 12.2 Å². The lowest BCUT2D eigenvalue weighted by Crippen LogP contribution is -2.18. The Bertz CT molecular complexity index is 339. The molecular weight excluding hydrogens is 284 g/mol. The molecule has 0 saturated carbocycles. The minimum atomic E-state index is 0.512. The van der Waals surface area contributed by atoms with E-state index in [9.17, 15) is 0 Å². The van der Waals surface area contributed by atoms with E-state index in [1.807, 2.05) is 0 Å². The first-order valence-corrected chi connectivity index (χ1v) is 10.1. The van der Waals surface area contributed by atoms with Gasteiger partial charge in [-0.2, -0.15) is 0 Å². The molecule has 2 fully saturated rings. The third kappa shape index (κ3) is 6.05. The molecule has 0 amide bonds. The molecule has 0 bridgehead atoms.